The molecule has 0 saturated carbocycles. The van der Waals surface area contributed by atoms with Crippen LogP contribution < -0.4 is 11.2 Å². The number of halogens is 1. The Balaban J connectivity index is 1.78. The van der Waals surface area contributed by atoms with Crippen molar-refractivity contribution in [3.8, 4) is 6.07 Å². The number of rotatable bonds is 4. The molecule has 2 aromatic carbocycles. The van der Waals surface area contributed by atoms with Gasteiger partial charge < -0.3 is 5.73 Å². The van der Waals surface area contributed by atoms with Crippen LogP contribution in [-0.4, -0.2) is 16.7 Å². The van der Waals surface area contributed by atoms with Gasteiger partial charge in [-0.3, -0.25) is 15.0 Å². The highest BCUT2D eigenvalue weighted by Gasteiger charge is 2.40. The summed E-state index contributed by atoms with van der Waals surface area (Å²) in [5.41, 5.74) is 13.1. The second-order valence-electron chi connectivity index (χ2n) is 8.59. The number of ketones is 1. The average molecular weight is 461 g/mol. The zero-order valence-electron chi connectivity index (χ0n) is 18.6. The molecule has 2 aliphatic rings. The van der Waals surface area contributed by atoms with Crippen LogP contribution in [0.4, 0.5) is 0 Å². The van der Waals surface area contributed by atoms with Gasteiger partial charge in [-0.15, -0.1) is 0 Å². The van der Waals surface area contributed by atoms with Crippen molar-refractivity contribution < 1.29 is 9.59 Å². The van der Waals surface area contributed by atoms with E-state index in [1.807, 2.05) is 24.3 Å². The van der Waals surface area contributed by atoms with E-state index in [-0.39, 0.29) is 17.2 Å². The molecule has 1 unspecified atom stereocenters. The van der Waals surface area contributed by atoms with Crippen molar-refractivity contribution >= 4 is 23.3 Å². The van der Waals surface area contributed by atoms with Gasteiger partial charge in [-0.25, -0.2) is 5.01 Å². The molecule has 0 aromatic heterocycles. The number of nitrogens with two attached hydrogens (primary N) is 1. The van der Waals surface area contributed by atoms with Crippen LogP contribution in [0, 0.1) is 11.3 Å². The zero-order chi connectivity index (χ0) is 23.7. The van der Waals surface area contributed by atoms with Gasteiger partial charge in [0.1, 0.15) is 5.82 Å². The number of benzene rings is 2. The van der Waals surface area contributed by atoms with E-state index in [2.05, 4.69) is 25.3 Å². The summed E-state index contributed by atoms with van der Waals surface area (Å²) in [6, 6.07) is 16.6. The number of nitrogens with zero attached hydrogens (tertiary/aromatic N) is 2. The monoisotopic (exact) mass is 460 g/mol. The Morgan fingerprint density at radius 3 is 2.42 bits per heavy atom. The summed E-state index contributed by atoms with van der Waals surface area (Å²) in [6.07, 6.45) is 1.62. The highest BCUT2D eigenvalue weighted by atomic mass is 35.5. The van der Waals surface area contributed by atoms with Crippen molar-refractivity contribution in [3.63, 3.8) is 0 Å². The summed E-state index contributed by atoms with van der Waals surface area (Å²) in [4.78, 5) is 26.0. The van der Waals surface area contributed by atoms with E-state index < -0.39 is 11.8 Å². The number of hydrazine groups is 1. The highest BCUT2D eigenvalue weighted by Crippen LogP contribution is 2.44. The molecule has 1 aliphatic carbocycles. The summed E-state index contributed by atoms with van der Waals surface area (Å²) >= 11 is 5.93. The van der Waals surface area contributed by atoms with Crippen LogP contribution >= 0.6 is 11.6 Å². The Hall–Kier alpha value is -3.56. The number of nitriles is 1. The van der Waals surface area contributed by atoms with E-state index in [1.54, 1.807) is 24.3 Å². The van der Waals surface area contributed by atoms with Crippen molar-refractivity contribution in [1.82, 2.24) is 10.4 Å². The van der Waals surface area contributed by atoms with Crippen LogP contribution in [0.3, 0.4) is 0 Å². The Morgan fingerprint density at radius 2 is 1.82 bits per heavy atom. The first-order chi connectivity index (χ1) is 15.8. The predicted octanol–water partition coefficient (Wildman–Crippen LogP) is 4.91. The third-order valence-electron chi connectivity index (χ3n) is 6.17. The number of amides is 1. The van der Waals surface area contributed by atoms with Gasteiger partial charge in [0.05, 0.1) is 17.6 Å². The highest BCUT2D eigenvalue weighted by molar-refractivity contribution is 6.30. The topological polar surface area (TPSA) is 99.2 Å². The van der Waals surface area contributed by atoms with Gasteiger partial charge in [-0.1, -0.05) is 49.7 Å². The maximum atomic E-state index is 13.1. The van der Waals surface area contributed by atoms with E-state index >= 15 is 0 Å². The summed E-state index contributed by atoms with van der Waals surface area (Å²) in [5, 5.41) is 12.0. The minimum Gasteiger partial charge on any atom is -0.383 e. The van der Waals surface area contributed by atoms with E-state index in [1.165, 1.54) is 10.6 Å². The van der Waals surface area contributed by atoms with Crippen molar-refractivity contribution in [2.75, 3.05) is 0 Å². The molecule has 0 spiro atoms. The number of Topliss-reactive ketones (excluding diaryl/α,β-unsaturated/α-hetero) is 1. The fraction of sp³-hybridized carbons (Fsp3) is 0.269. The molecule has 33 heavy (non-hydrogen) atoms. The lowest BCUT2D eigenvalue weighted by atomic mass is 9.76. The van der Waals surface area contributed by atoms with Crippen LogP contribution in [0.25, 0.3) is 0 Å². The van der Waals surface area contributed by atoms with E-state index in [0.29, 0.717) is 47.0 Å². The zero-order valence-corrected chi connectivity index (χ0v) is 19.3. The van der Waals surface area contributed by atoms with E-state index in [0.717, 1.165) is 5.56 Å². The fourth-order valence-electron chi connectivity index (χ4n) is 4.39. The smallest absolute Gasteiger partial charge is 0.270 e. The molecule has 0 fully saturated rings. The molecule has 1 atom stereocenters. The SMILES string of the molecule is CC(C)c1ccc(C2C(C#N)=C(N)N(NC(=O)c3ccc(Cl)cc3)C3=C2C(=O)CCC3)cc1. The van der Waals surface area contributed by atoms with E-state index in [4.69, 9.17) is 17.3 Å². The lowest BCUT2D eigenvalue weighted by Gasteiger charge is -2.39. The van der Waals surface area contributed by atoms with Crippen molar-refractivity contribution in [1.29, 1.82) is 5.26 Å². The van der Waals surface area contributed by atoms with Gasteiger partial charge in [0.25, 0.3) is 5.91 Å². The first-order valence-electron chi connectivity index (χ1n) is 10.9. The molecule has 168 valence electrons. The minimum absolute atomic E-state index is 0.0276. The molecule has 0 bridgehead atoms. The predicted molar refractivity (Wildman–Crippen MR) is 127 cm³/mol. The summed E-state index contributed by atoms with van der Waals surface area (Å²) in [7, 11) is 0. The molecule has 0 radical (unpaired) electrons. The van der Waals surface area contributed by atoms with Gasteiger partial charge in [0, 0.05) is 28.3 Å². The number of hydrogen-bond donors (Lipinski definition) is 2. The van der Waals surface area contributed by atoms with Gasteiger partial charge in [0.2, 0.25) is 0 Å². The minimum atomic E-state index is -0.553. The Labute approximate surface area is 198 Å². The molecule has 1 heterocycles. The van der Waals surface area contributed by atoms with Crippen LogP contribution in [0.15, 0.2) is 71.2 Å². The van der Waals surface area contributed by atoms with Crippen LogP contribution in [0.5, 0.6) is 0 Å². The van der Waals surface area contributed by atoms with Crippen LogP contribution in [0.2, 0.25) is 5.02 Å². The van der Waals surface area contributed by atoms with Gasteiger partial charge in [0.15, 0.2) is 5.78 Å². The van der Waals surface area contributed by atoms with Crippen LogP contribution in [0.1, 0.15) is 66.4 Å². The van der Waals surface area contributed by atoms with Gasteiger partial charge in [-0.2, -0.15) is 5.26 Å². The molecule has 4 rings (SSSR count). The fourth-order valence-corrected chi connectivity index (χ4v) is 4.51. The van der Waals surface area contributed by atoms with Gasteiger partial charge in [-0.05, 0) is 54.2 Å². The van der Waals surface area contributed by atoms with Crippen molar-refractivity contribution in [3.05, 3.63) is 92.9 Å². The largest absolute Gasteiger partial charge is 0.383 e. The third-order valence-corrected chi connectivity index (χ3v) is 6.42. The normalized spacial score (nSPS) is 18.3. The second-order valence-corrected chi connectivity index (χ2v) is 9.02. The van der Waals surface area contributed by atoms with Crippen LogP contribution in [-0.2, 0) is 4.79 Å². The maximum absolute atomic E-state index is 13.1. The lowest BCUT2D eigenvalue weighted by Crippen LogP contribution is -2.48. The summed E-state index contributed by atoms with van der Waals surface area (Å²) in [5.74, 6) is -0.489. The quantitative estimate of drug-likeness (QED) is 0.675. The molecule has 0 saturated heterocycles. The number of nitrogens with one attached hydrogen (secondary N) is 1. The summed E-state index contributed by atoms with van der Waals surface area (Å²) < 4.78 is 0. The first kappa shape index (κ1) is 22.6. The molecule has 6 nitrogen and oxygen atoms in total. The molecule has 3 N–H and O–H groups in total. The third kappa shape index (κ3) is 4.24. The van der Waals surface area contributed by atoms with E-state index in [9.17, 15) is 14.9 Å². The second kappa shape index (κ2) is 9.13. The summed E-state index contributed by atoms with van der Waals surface area (Å²) in [6.45, 7) is 4.22. The number of carbonyl (C=O) groups is 2. The van der Waals surface area contributed by atoms with Crippen molar-refractivity contribution in [2.45, 2.75) is 44.9 Å². The standard InChI is InChI=1S/C26H25ClN4O2/c1-15(2)16-6-8-17(9-7-16)23-20(14-28)25(29)31(21-4-3-5-22(32)24(21)23)30-26(33)18-10-12-19(27)13-11-18/h6-13,15,23H,3-5,29H2,1-2H3,(H,30,33). The molecule has 1 aliphatic heterocycles. The Kier molecular flexibility index (Phi) is 6.26. The average Bonchev–Trinajstić information content (AvgIpc) is 2.81. The molecule has 7 heteroatoms. The Bertz CT molecular complexity index is 1200. The van der Waals surface area contributed by atoms with Crippen molar-refractivity contribution in [2.24, 2.45) is 5.73 Å². The lowest BCUT2D eigenvalue weighted by molar-refractivity contribution is -0.116. The number of allylic oxidation sites excluding steroid dienone is 3. The van der Waals surface area contributed by atoms with Gasteiger partial charge >= 0.3 is 0 Å². The Morgan fingerprint density at radius 1 is 1.15 bits per heavy atom. The molecule has 1 amide bonds. The number of carbonyl (C=O) groups excluding carboxylic acids is 2. The molecular formula is C26H25ClN4O2. The first-order valence-corrected chi connectivity index (χ1v) is 11.3. The number of hydrogen-bond acceptors (Lipinski definition) is 5. The molecule has 2 aromatic rings. The maximum Gasteiger partial charge on any atom is 0.270 e. The molecular weight excluding hydrogens is 436 g/mol.